The van der Waals surface area contributed by atoms with Gasteiger partial charge in [-0.15, -0.1) is 0 Å². The van der Waals surface area contributed by atoms with Crippen molar-refractivity contribution >= 4 is 0 Å². The first-order valence-corrected chi connectivity index (χ1v) is 5.02. The van der Waals surface area contributed by atoms with Crippen LogP contribution in [0.25, 0.3) is 0 Å². The van der Waals surface area contributed by atoms with Gasteiger partial charge in [0.1, 0.15) is 0 Å². The van der Waals surface area contributed by atoms with Crippen LogP contribution in [0.3, 0.4) is 0 Å². The van der Waals surface area contributed by atoms with Crippen LogP contribution in [-0.2, 0) is 0 Å². The summed E-state index contributed by atoms with van der Waals surface area (Å²) in [5.74, 6) is 1.95. The Morgan fingerprint density at radius 1 is 1.00 bits per heavy atom. The number of nitrogens with two attached hydrogens (primary N) is 1. The number of hydrogen-bond acceptors (Lipinski definition) is 1. The predicted octanol–water partition coefficient (Wildman–Crippen LogP) is 2.38. The summed E-state index contributed by atoms with van der Waals surface area (Å²) in [4.78, 5) is 0. The Labute approximate surface area is 80.0 Å². The largest absolute Gasteiger partial charge is 0.327 e. The normalized spacial score (nSPS) is 38.4. The minimum absolute atomic E-state index is 0.394. The zero-order valence-electron chi connectivity index (χ0n) is 8.27. The highest BCUT2D eigenvalue weighted by atomic mass is 14.7. The molecular formula is C12H17N. The molecule has 0 radical (unpaired) electrons. The Morgan fingerprint density at radius 2 is 1.54 bits per heavy atom. The van der Waals surface area contributed by atoms with Gasteiger partial charge in [0.25, 0.3) is 0 Å². The molecule has 13 heavy (non-hydrogen) atoms. The maximum atomic E-state index is 5.99. The Bertz CT molecular complexity index is 270. The lowest BCUT2D eigenvalue weighted by molar-refractivity contribution is 0.130. The van der Waals surface area contributed by atoms with Gasteiger partial charge in [-0.1, -0.05) is 44.2 Å². The standard InChI is InChI=1S/C12H17N/c1-8-11(9(2)12(8)13)10-6-4-3-5-7-10/h3-9,11-12H,13H2,1-2H3. The first-order chi connectivity index (χ1) is 6.22. The smallest absolute Gasteiger partial charge is 0.0102 e. The van der Waals surface area contributed by atoms with Crippen molar-refractivity contribution in [2.24, 2.45) is 17.6 Å². The molecule has 1 heteroatoms. The molecule has 1 aromatic carbocycles. The summed E-state index contributed by atoms with van der Waals surface area (Å²) in [7, 11) is 0. The van der Waals surface area contributed by atoms with Gasteiger partial charge in [-0.3, -0.25) is 0 Å². The van der Waals surface area contributed by atoms with Crippen molar-refractivity contribution in [2.45, 2.75) is 25.8 Å². The molecule has 0 amide bonds. The van der Waals surface area contributed by atoms with Crippen LogP contribution in [-0.4, -0.2) is 6.04 Å². The van der Waals surface area contributed by atoms with Gasteiger partial charge in [0, 0.05) is 6.04 Å². The van der Waals surface area contributed by atoms with Crippen LogP contribution in [0, 0.1) is 11.8 Å². The van der Waals surface area contributed by atoms with E-state index >= 15 is 0 Å². The molecule has 1 aliphatic carbocycles. The molecule has 0 spiro atoms. The third-order valence-electron chi connectivity index (χ3n) is 3.53. The molecule has 1 fully saturated rings. The predicted molar refractivity (Wildman–Crippen MR) is 55.5 cm³/mol. The molecule has 70 valence electrons. The van der Waals surface area contributed by atoms with Gasteiger partial charge in [0.15, 0.2) is 0 Å². The summed E-state index contributed by atoms with van der Waals surface area (Å²) in [6, 6.07) is 11.1. The Morgan fingerprint density at radius 3 is 2.08 bits per heavy atom. The maximum absolute atomic E-state index is 5.99. The first kappa shape index (κ1) is 8.76. The van der Waals surface area contributed by atoms with Gasteiger partial charge in [-0.2, -0.15) is 0 Å². The highest BCUT2D eigenvalue weighted by Gasteiger charge is 2.43. The summed E-state index contributed by atoms with van der Waals surface area (Å²) >= 11 is 0. The molecule has 2 atom stereocenters. The summed E-state index contributed by atoms with van der Waals surface area (Å²) in [6.45, 7) is 4.50. The summed E-state index contributed by atoms with van der Waals surface area (Å²) in [6.07, 6.45) is 0. The molecule has 0 aliphatic heterocycles. The average Bonchev–Trinajstić information content (AvgIpc) is 2.19. The Hall–Kier alpha value is -0.820. The quantitative estimate of drug-likeness (QED) is 0.696. The van der Waals surface area contributed by atoms with Crippen molar-refractivity contribution < 1.29 is 0 Å². The van der Waals surface area contributed by atoms with Crippen LogP contribution in [0.1, 0.15) is 25.3 Å². The second-order valence-electron chi connectivity index (χ2n) is 4.23. The fraction of sp³-hybridized carbons (Fsp3) is 0.500. The van der Waals surface area contributed by atoms with Crippen molar-refractivity contribution in [2.75, 3.05) is 0 Å². The van der Waals surface area contributed by atoms with E-state index < -0.39 is 0 Å². The molecule has 1 nitrogen and oxygen atoms in total. The topological polar surface area (TPSA) is 26.0 Å². The molecule has 1 aliphatic rings. The first-order valence-electron chi connectivity index (χ1n) is 5.02. The fourth-order valence-electron chi connectivity index (χ4n) is 2.57. The van der Waals surface area contributed by atoms with Crippen molar-refractivity contribution in [1.82, 2.24) is 0 Å². The molecule has 0 saturated heterocycles. The van der Waals surface area contributed by atoms with E-state index in [9.17, 15) is 0 Å². The molecule has 1 saturated carbocycles. The Balaban J connectivity index is 2.20. The summed E-state index contributed by atoms with van der Waals surface area (Å²) in [5.41, 5.74) is 7.44. The molecule has 0 bridgehead atoms. The zero-order chi connectivity index (χ0) is 9.42. The highest BCUT2D eigenvalue weighted by molar-refractivity contribution is 5.25. The minimum Gasteiger partial charge on any atom is -0.327 e. The average molecular weight is 175 g/mol. The lowest BCUT2D eigenvalue weighted by Gasteiger charge is -2.47. The summed E-state index contributed by atoms with van der Waals surface area (Å²) < 4.78 is 0. The van der Waals surface area contributed by atoms with Crippen LogP contribution in [0.5, 0.6) is 0 Å². The SMILES string of the molecule is CC1C(N)C(C)C1c1ccccc1. The van der Waals surface area contributed by atoms with Gasteiger partial charge in [-0.05, 0) is 23.3 Å². The van der Waals surface area contributed by atoms with Gasteiger partial charge < -0.3 is 5.73 Å². The molecule has 2 unspecified atom stereocenters. The van der Waals surface area contributed by atoms with Crippen molar-refractivity contribution in [3.63, 3.8) is 0 Å². The van der Waals surface area contributed by atoms with Crippen LogP contribution < -0.4 is 5.73 Å². The van der Waals surface area contributed by atoms with E-state index in [1.807, 2.05) is 0 Å². The van der Waals surface area contributed by atoms with Crippen LogP contribution in [0.15, 0.2) is 30.3 Å². The minimum atomic E-state index is 0.394. The van der Waals surface area contributed by atoms with Gasteiger partial charge in [0.2, 0.25) is 0 Å². The fourth-order valence-corrected chi connectivity index (χ4v) is 2.57. The lowest BCUT2D eigenvalue weighted by atomic mass is 9.60. The monoisotopic (exact) mass is 175 g/mol. The molecule has 1 aromatic rings. The molecule has 0 aromatic heterocycles. The van der Waals surface area contributed by atoms with Crippen molar-refractivity contribution in [3.8, 4) is 0 Å². The van der Waals surface area contributed by atoms with Gasteiger partial charge in [0.05, 0.1) is 0 Å². The van der Waals surface area contributed by atoms with Gasteiger partial charge >= 0.3 is 0 Å². The third kappa shape index (κ3) is 1.28. The molecular weight excluding hydrogens is 158 g/mol. The molecule has 0 heterocycles. The van der Waals surface area contributed by atoms with E-state index in [1.54, 1.807) is 0 Å². The van der Waals surface area contributed by atoms with E-state index in [-0.39, 0.29) is 0 Å². The summed E-state index contributed by atoms with van der Waals surface area (Å²) in [5, 5.41) is 0. The molecule has 2 rings (SSSR count). The Kier molecular flexibility index (Phi) is 2.12. The van der Waals surface area contributed by atoms with E-state index in [4.69, 9.17) is 5.73 Å². The van der Waals surface area contributed by atoms with Crippen molar-refractivity contribution in [1.29, 1.82) is 0 Å². The van der Waals surface area contributed by atoms with E-state index in [0.29, 0.717) is 23.8 Å². The second-order valence-corrected chi connectivity index (χ2v) is 4.23. The molecule has 2 N–H and O–H groups in total. The van der Waals surface area contributed by atoms with Crippen molar-refractivity contribution in [3.05, 3.63) is 35.9 Å². The second kappa shape index (κ2) is 3.15. The number of benzene rings is 1. The third-order valence-corrected chi connectivity index (χ3v) is 3.53. The highest BCUT2D eigenvalue weighted by Crippen LogP contribution is 2.45. The van der Waals surface area contributed by atoms with Gasteiger partial charge in [-0.25, -0.2) is 0 Å². The van der Waals surface area contributed by atoms with E-state index in [2.05, 4.69) is 44.2 Å². The number of hydrogen-bond donors (Lipinski definition) is 1. The van der Waals surface area contributed by atoms with E-state index in [1.165, 1.54) is 5.56 Å². The van der Waals surface area contributed by atoms with Crippen LogP contribution >= 0.6 is 0 Å². The van der Waals surface area contributed by atoms with Crippen LogP contribution in [0.4, 0.5) is 0 Å². The van der Waals surface area contributed by atoms with E-state index in [0.717, 1.165) is 0 Å². The zero-order valence-corrected chi connectivity index (χ0v) is 8.27. The number of rotatable bonds is 1. The maximum Gasteiger partial charge on any atom is 0.0102 e. The van der Waals surface area contributed by atoms with Crippen LogP contribution in [0.2, 0.25) is 0 Å². The lowest BCUT2D eigenvalue weighted by Crippen LogP contribution is -2.52.